The largest absolute Gasteiger partial charge is 0.308 e. The van der Waals surface area contributed by atoms with Gasteiger partial charge >= 0.3 is 0 Å². The Balaban J connectivity index is 1.03. The van der Waals surface area contributed by atoms with Gasteiger partial charge in [-0.2, -0.15) is 0 Å². The first-order valence-electron chi connectivity index (χ1n) is 25.6. The summed E-state index contributed by atoms with van der Waals surface area (Å²) in [5.74, 6) is 1.79. The lowest BCUT2D eigenvalue weighted by Gasteiger charge is -2.16. The van der Waals surface area contributed by atoms with Crippen LogP contribution in [0.4, 0.5) is 0 Å². The molecule has 10 aromatic carbocycles. The van der Waals surface area contributed by atoms with Crippen molar-refractivity contribution in [3.63, 3.8) is 0 Å². The van der Waals surface area contributed by atoms with Crippen LogP contribution in [0.1, 0.15) is 11.3 Å². The van der Waals surface area contributed by atoms with Crippen LogP contribution >= 0.6 is 11.3 Å². The highest BCUT2D eigenvalue weighted by Gasteiger charge is 2.25. The van der Waals surface area contributed by atoms with Crippen molar-refractivity contribution < 1.29 is 0 Å². The summed E-state index contributed by atoms with van der Waals surface area (Å²) in [6, 6.07) is 84.1. The van der Waals surface area contributed by atoms with E-state index < -0.39 is 0 Å². The van der Waals surface area contributed by atoms with Gasteiger partial charge in [0.15, 0.2) is 17.5 Å². The number of hydrogen-bond acceptors (Lipinski definition) is 4. The number of para-hydroxylation sites is 2. The van der Waals surface area contributed by atoms with Crippen molar-refractivity contribution >= 4 is 70.3 Å². The third-order valence-corrected chi connectivity index (χ3v) is 16.1. The van der Waals surface area contributed by atoms with Gasteiger partial charge in [0.2, 0.25) is 0 Å². The van der Waals surface area contributed by atoms with Gasteiger partial charge in [0, 0.05) is 55.0 Å². The zero-order valence-electron chi connectivity index (χ0n) is 41.6. The Morgan fingerprint density at radius 2 is 0.829 bits per heavy atom. The van der Waals surface area contributed by atoms with E-state index in [2.05, 4.69) is 253 Å². The van der Waals surface area contributed by atoms with Gasteiger partial charge in [-0.25, -0.2) is 15.0 Å². The second-order valence-electron chi connectivity index (χ2n) is 19.1. The van der Waals surface area contributed by atoms with E-state index in [4.69, 9.17) is 15.0 Å². The minimum atomic E-state index is 0.587. The van der Waals surface area contributed by atoms with Gasteiger partial charge in [-0.05, 0) is 82.3 Å². The molecule has 0 spiro atoms. The molecule has 0 amide bonds. The van der Waals surface area contributed by atoms with E-state index in [1.165, 1.54) is 58.5 Å². The molecule has 0 atom stereocenters. The third kappa shape index (κ3) is 7.41. The Morgan fingerprint density at radius 3 is 1.42 bits per heavy atom. The van der Waals surface area contributed by atoms with E-state index in [0.29, 0.717) is 17.5 Å². The Hall–Kier alpha value is -9.75. The lowest BCUT2D eigenvalue weighted by molar-refractivity contribution is 1.07. The molecule has 0 radical (unpaired) electrons. The lowest BCUT2D eigenvalue weighted by Crippen LogP contribution is -2.04. The van der Waals surface area contributed by atoms with E-state index in [1.54, 1.807) is 0 Å². The van der Waals surface area contributed by atoms with E-state index in [9.17, 15) is 0 Å². The minimum Gasteiger partial charge on any atom is -0.308 e. The van der Waals surface area contributed by atoms with Gasteiger partial charge in [-0.15, -0.1) is 11.3 Å². The van der Waals surface area contributed by atoms with Gasteiger partial charge in [-0.1, -0.05) is 225 Å². The average molecular weight is 990 g/mol. The molecule has 6 heteroatoms. The highest BCUT2D eigenvalue weighted by molar-refractivity contribution is 7.27. The summed E-state index contributed by atoms with van der Waals surface area (Å²) < 4.78 is 7.35. The van der Waals surface area contributed by atoms with Crippen molar-refractivity contribution in [3.8, 4) is 78.9 Å². The van der Waals surface area contributed by atoms with Crippen LogP contribution in [0.25, 0.3) is 138 Å². The van der Waals surface area contributed by atoms with E-state index in [1.807, 2.05) is 35.6 Å². The van der Waals surface area contributed by atoms with Crippen LogP contribution in [0.15, 0.2) is 255 Å². The normalized spacial score (nSPS) is 11.8. The molecule has 0 aliphatic rings. The molecule has 0 saturated carbocycles. The van der Waals surface area contributed by atoms with Crippen molar-refractivity contribution in [1.29, 1.82) is 0 Å². The van der Waals surface area contributed by atoms with E-state index in [-0.39, 0.29) is 0 Å². The molecule has 4 aromatic heterocycles. The second kappa shape index (κ2) is 18.6. The standard InChI is InChI=1S/C70H47N5S/c1-3-4-34-61-45(2)51-41-43-56-57-44-42-55-54-30-18-20-35-62(54)75(65(55)67(57)76-66(56)64(51)74(61)50-39-37-47(38-40-50)46-22-8-5-9-23-46)63-36-21-19-33-60(63)70-72-68(58-31-16-14-28-52(58)48-24-10-6-11-25-48)71-69(73-70)59-32-17-15-29-53(59)49-26-12-7-13-27-49/h3-44H,1H2,2H3/b34-4-. The number of rotatable bonds is 10. The fourth-order valence-electron chi connectivity index (χ4n) is 11.3. The summed E-state index contributed by atoms with van der Waals surface area (Å²) >= 11 is 1.87. The van der Waals surface area contributed by atoms with Crippen LogP contribution in [-0.2, 0) is 0 Å². The maximum absolute atomic E-state index is 5.50. The summed E-state index contributed by atoms with van der Waals surface area (Å²) in [6.07, 6.45) is 6.09. The summed E-state index contributed by atoms with van der Waals surface area (Å²) in [4.78, 5) is 16.4. The van der Waals surface area contributed by atoms with Crippen molar-refractivity contribution in [2.45, 2.75) is 6.92 Å². The first kappa shape index (κ1) is 44.9. The number of benzene rings is 10. The zero-order valence-corrected chi connectivity index (χ0v) is 42.4. The summed E-state index contributed by atoms with van der Waals surface area (Å²) in [5, 5.41) is 6.02. The van der Waals surface area contributed by atoms with E-state index in [0.717, 1.165) is 67.0 Å². The molecule has 5 nitrogen and oxygen atoms in total. The molecule has 14 rings (SSSR count). The summed E-state index contributed by atoms with van der Waals surface area (Å²) in [5.41, 5.74) is 17.3. The predicted molar refractivity (Wildman–Crippen MR) is 320 cm³/mol. The van der Waals surface area contributed by atoms with Crippen LogP contribution in [-0.4, -0.2) is 24.1 Å². The molecule has 0 unspecified atom stereocenters. The molecule has 0 fully saturated rings. The van der Waals surface area contributed by atoms with E-state index >= 15 is 0 Å². The lowest BCUT2D eigenvalue weighted by atomic mass is 9.98. The molecule has 0 aliphatic carbocycles. The first-order chi connectivity index (χ1) is 37.6. The fourth-order valence-corrected chi connectivity index (χ4v) is 12.7. The summed E-state index contributed by atoms with van der Waals surface area (Å²) in [6.45, 7) is 6.29. The third-order valence-electron chi connectivity index (χ3n) is 14.8. The molecule has 0 saturated heterocycles. The monoisotopic (exact) mass is 989 g/mol. The van der Waals surface area contributed by atoms with Crippen LogP contribution in [0.2, 0.25) is 0 Å². The van der Waals surface area contributed by atoms with Crippen LogP contribution < -0.4 is 0 Å². The maximum atomic E-state index is 5.50. The molecule has 14 aromatic rings. The number of allylic oxidation sites excluding steroid dienone is 2. The van der Waals surface area contributed by atoms with Gasteiger partial charge in [0.05, 0.1) is 31.6 Å². The van der Waals surface area contributed by atoms with Gasteiger partial charge in [0.25, 0.3) is 0 Å². The maximum Gasteiger partial charge on any atom is 0.166 e. The molecule has 4 heterocycles. The number of hydrogen-bond donors (Lipinski definition) is 0. The summed E-state index contributed by atoms with van der Waals surface area (Å²) in [7, 11) is 0. The van der Waals surface area contributed by atoms with Crippen molar-refractivity contribution in [2.24, 2.45) is 0 Å². The molecule has 0 N–H and O–H groups in total. The molecule has 358 valence electrons. The van der Waals surface area contributed by atoms with Crippen LogP contribution in [0.3, 0.4) is 0 Å². The highest BCUT2D eigenvalue weighted by atomic mass is 32.1. The highest BCUT2D eigenvalue weighted by Crippen LogP contribution is 2.48. The van der Waals surface area contributed by atoms with Gasteiger partial charge < -0.3 is 9.13 Å². The molecule has 76 heavy (non-hydrogen) atoms. The number of nitrogens with zero attached hydrogens (tertiary/aromatic N) is 5. The van der Waals surface area contributed by atoms with Crippen LogP contribution in [0.5, 0.6) is 0 Å². The number of aromatic nitrogens is 5. The average Bonchev–Trinajstić information content (AvgIpc) is 4.20. The molecule has 0 aliphatic heterocycles. The molecule has 0 bridgehead atoms. The van der Waals surface area contributed by atoms with Gasteiger partial charge in [0.1, 0.15) is 0 Å². The van der Waals surface area contributed by atoms with Crippen molar-refractivity contribution in [2.75, 3.05) is 0 Å². The number of aryl methyl sites for hydroxylation is 1. The molecular formula is C70H47N5S. The first-order valence-corrected chi connectivity index (χ1v) is 26.5. The van der Waals surface area contributed by atoms with Crippen LogP contribution in [0, 0.1) is 6.92 Å². The Bertz CT molecular complexity index is 4480. The van der Waals surface area contributed by atoms with Crippen molar-refractivity contribution in [3.05, 3.63) is 267 Å². The molecular weight excluding hydrogens is 943 g/mol. The Labute approximate surface area is 444 Å². The van der Waals surface area contributed by atoms with Crippen molar-refractivity contribution in [1.82, 2.24) is 24.1 Å². The smallest absolute Gasteiger partial charge is 0.166 e. The Kier molecular flexibility index (Phi) is 11.0. The minimum absolute atomic E-state index is 0.587. The second-order valence-corrected chi connectivity index (χ2v) is 20.2. The van der Waals surface area contributed by atoms with Gasteiger partial charge in [-0.3, -0.25) is 0 Å². The number of thiophene rings is 1. The fraction of sp³-hybridized carbons (Fsp3) is 0.0143. The zero-order chi connectivity index (χ0) is 50.7. The quantitative estimate of drug-likeness (QED) is 0.128. The topological polar surface area (TPSA) is 48.5 Å². The predicted octanol–water partition coefficient (Wildman–Crippen LogP) is 18.8. The Morgan fingerprint density at radius 1 is 0.382 bits per heavy atom. The SMILES string of the molecule is C=C/C=C\c1c(C)c2ccc3c4ccc5c6ccccc6n(-c6ccccc6-c6nc(-c7ccccc7-c7ccccc7)nc(-c7ccccc7-c7ccccc7)n6)c5c4sc3c2n1-c1ccc(-c2ccccc2)cc1. The number of fused-ring (bicyclic) bond motifs is 9.